The Hall–Kier alpha value is -2.96. The van der Waals surface area contributed by atoms with Crippen molar-refractivity contribution in [3.63, 3.8) is 0 Å². The van der Waals surface area contributed by atoms with E-state index in [4.69, 9.17) is 4.42 Å². The summed E-state index contributed by atoms with van der Waals surface area (Å²) >= 11 is 0. The molecule has 3 rings (SSSR count). The largest absolute Gasteiger partial charge is 0.504 e. The first-order valence-electron chi connectivity index (χ1n) is 7.74. The van der Waals surface area contributed by atoms with Crippen LogP contribution in [0, 0.1) is 5.82 Å². The highest BCUT2D eigenvalue weighted by Gasteiger charge is 2.31. The number of halogens is 4. The number of rotatable bonds is 4. The Kier molecular flexibility index (Phi) is 4.63. The lowest BCUT2D eigenvalue weighted by Crippen LogP contribution is -2.04. The van der Waals surface area contributed by atoms with Crippen molar-refractivity contribution in [3.8, 4) is 16.9 Å². The van der Waals surface area contributed by atoms with Gasteiger partial charge in [-0.1, -0.05) is 30.3 Å². The molecule has 136 valence electrons. The van der Waals surface area contributed by atoms with Crippen LogP contribution < -0.4 is 5.32 Å². The fraction of sp³-hybridized carbons (Fsp3) is 0.158. The Morgan fingerprint density at radius 1 is 1.08 bits per heavy atom. The maximum atomic E-state index is 13.8. The van der Waals surface area contributed by atoms with Gasteiger partial charge in [0.25, 0.3) is 0 Å². The summed E-state index contributed by atoms with van der Waals surface area (Å²) in [4.78, 5) is 0. The summed E-state index contributed by atoms with van der Waals surface area (Å²) in [5, 5.41) is 13.2. The number of anilines is 1. The highest BCUT2D eigenvalue weighted by atomic mass is 19.4. The lowest BCUT2D eigenvalue weighted by atomic mass is 10.0. The van der Waals surface area contributed by atoms with Gasteiger partial charge in [0, 0.05) is 13.5 Å². The van der Waals surface area contributed by atoms with Crippen molar-refractivity contribution in [2.45, 2.75) is 12.6 Å². The lowest BCUT2D eigenvalue weighted by Gasteiger charge is -2.09. The Balaban J connectivity index is 2.06. The van der Waals surface area contributed by atoms with Gasteiger partial charge in [0.1, 0.15) is 5.82 Å². The zero-order valence-corrected chi connectivity index (χ0v) is 13.7. The van der Waals surface area contributed by atoms with Gasteiger partial charge in [-0.3, -0.25) is 0 Å². The van der Waals surface area contributed by atoms with Crippen LogP contribution >= 0.6 is 0 Å². The molecule has 0 radical (unpaired) electrons. The molecule has 0 aliphatic carbocycles. The van der Waals surface area contributed by atoms with Crippen LogP contribution in [0.4, 0.5) is 23.4 Å². The highest BCUT2D eigenvalue weighted by Crippen LogP contribution is 2.43. The van der Waals surface area contributed by atoms with Crippen LogP contribution in [0.15, 0.2) is 52.9 Å². The molecule has 0 spiro atoms. The van der Waals surface area contributed by atoms with Gasteiger partial charge in [0.05, 0.1) is 11.1 Å². The molecule has 3 aromatic rings. The molecule has 0 aliphatic rings. The molecule has 0 saturated carbocycles. The number of aromatic hydroxyl groups is 1. The first-order chi connectivity index (χ1) is 12.3. The molecule has 2 N–H and O–H groups in total. The lowest BCUT2D eigenvalue weighted by molar-refractivity contribution is -0.137. The van der Waals surface area contributed by atoms with E-state index in [-0.39, 0.29) is 34.9 Å². The molecule has 1 heterocycles. The number of alkyl halides is 3. The van der Waals surface area contributed by atoms with E-state index >= 15 is 0 Å². The molecular formula is C19H15F4NO2. The van der Waals surface area contributed by atoms with Crippen LogP contribution in [-0.4, -0.2) is 12.2 Å². The Morgan fingerprint density at radius 3 is 2.46 bits per heavy atom. The molecule has 2 aromatic carbocycles. The minimum absolute atomic E-state index is 0.0356. The topological polar surface area (TPSA) is 45.4 Å². The van der Waals surface area contributed by atoms with Crippen LogP contribution in [0.5, 0.6) is 5.75 Å². The number of benzene rings is 2. The second kappa shape index (κ2) is 6.74. The van der Waals surface area contributed by atoms with Gasteiger partial charge in [-0.15, -0.1) is 0 Å². The Bertz CT molecular complexity index is 932. The minimum atomic E-state index is -4.51. The molecule has 0 bridgehead atoms. The average molecular weight is 365 g/mol. The van der Waals surface area contributed by atoms with E-state index in [1.807, 2.05) is 0 Å². The first-order valence-corrected chi connectivity index (χ1v) is 7.74. The van der Waals surface area contributed by atoms with Crippen LogP contribution in [0.3, 0.4) is 0 Å². The maximum absolute atomic E-state index is 13.8. The number of hydrogen-bond donors (Lipinski definition) is 2. The molecule has 1 aromatic heterocycles. The van der Waals surface area contributed by atoms with Crippen molar-refractivity contribution < 1.29 is 27.1 Å². The predicted molar refractivity (Wildman–Crippen MR) is 89.6 cm³/mol. The molecule has 0 amide bonds. The van der Waals surface area contributed by atoms with Crippen molar-refractivity contribution in [1.29, 1.82) is 0 Å². The molecule has 26 heavy (non-hydrogen) atoms. The van der Waals surface area contributed by atoms with Gasteiger partial charge in [0.15, 0.2) is 11.5 Å². The van der Waals surface area contributed by atoms with Gasteiger partial charge >= 0.3 is 6.18 Å². The second-order valence-electron chi connectivity index (χ2n) is 5.67. The van der Waals surface area contributed by atoms with Gasteiger partial charge in [-0.05, 0) is 29.3 Å². The third-order valence-electron chi connectivity index (χ3n) is 3.97. The van der Waals surface area contributed by atoms with Gasteiger partial charge < -0.3 is 14.8 Å². The quantitative estimate of drug-likeness (QED) is 0.605. The molecule has 0 fully saturated rings. The van der Waals surface area contributed by atoms with E-state index < -0.39 is 17.6 Å². The summed E-state index contributed by atoms with van der Waals surface area (Å²) in [5.41, 5.74) is -0.293. The highest BCUT2D eigenvalue weighted by molar-refractivity contribution is 5.81. The third kappa shape index (κ3) is 3.37. The zero-order chi connectivity index (χ0) is 18.9. The van der Waals surface area contributed by atoms with Crippen molar-refractivity contribution in [2.24, 2.45) is 0 Å². The number of nitrogens with one attached hydrogen (secondary N) is 1. The van der Waals surface area contributed by atoms with Crippen molar-refractivity contribution >= 4 is 5.88 Å². The summed E-state index contributed by atoms with van der Waals surface area (Å²) < 4.78 is 58.2. The van der Waals surface area contributed by atoms with Crippen molar-refractivity contribution in [2.75, 3.05) is 12.4 Å². The van der Waals surface area contributed by atoms with Gasteiger partial charge in [0.2, 0.25) is 5.88 Å². The zero-order valence-electron chi connectivity index (χ0n) is 13.7. The fourth-order valence-corrected chi connectivity index (χ4v) is 2.70. The van der Waals surface area contributed by atoms with E-state index in [1.54, 1.807) is 12.1 Å². The standard InChI is InChI=1S/C19H15F4NO2/c1-24-18-16(12-6-4-7-13(9-12)19(21,22)23)17(25)15(26-18)10-11-5-2-3-8-14(11)20/h2-9,24-25H,10H2,1H3. The normalized spacial score (nSPS) is 11.6. The molecule has 0 unspecified atom stereocenters. The maximum Gasteiger partial charge on any atom is 0.416 e. The molecule has 3 nitrogen and oxygen atoms in total. The second-order valence-corrected chi connectivity index (χ2v) is 5.67. The summed E-state index contributed by atoms with van der Waals surface area (Å²) in [7, 11) is 1.52. The smallest absolute Gasteiger partial charge is 0.416 e. The molecule has 0 saturated heterocycles. The van der Waals surface area contributed by atoms with Crippen LogP contribution in [-0.2, 0) is 12.6 Å². The fourth-order valence-electron chi connectivity index (χ4n) is 2.70. The summed E-state index contributed by atoms with van der Waals surface area (Å²) in [5.74, 6) is -0.619. The first kappa shape index (κ1) is 17.8. The monoisotopic (exact) mass is 365 g/mol. The van der Waals surface area contributed by atoms with Crippen LogP contribution in [0.1, 0.15) is 16.9 Å². The molecule has 0 atom stereocenters. The van der Waals surface area contributed by atoms with Gasteiger partial charge in [-0.2, -0.15) is 13.2 Å². The van der Waals surface area contributed by atoms with E-state index in [2.05, 4.69) is 5.32 Å². The molecular weight excluding hydrogens is 350 g/mol. The molecule has 7 heteroatoms. The predicted octanol–water partition coefficient (Wildman–Crippen LogP) is 5.44. The molecule has 0 aliphatic heterocycles. The van der Waals surface area contributed by atoms with Crippen molar-refractivity contribution in [1.82, 2.24) is 0 Å². The van der Waals surface area contributed by atoms with E-state index in [0.717, 1.165) is 12.1 Å². The van der Waals surface area contributed by atoms with Crippen molar-refractivity contribution in [3.05, 3.63) is 71.2 Å². The summed E-state index contributed by atoms with van der Waals surface area (Å²) in [6, 6.07) is 10.6. The van der Waals surface area contributed by atoms with Crippen LogP contribution in [0.2, 0.25) is 0 Å². The summed E-state index contributed by atoms with van der Waals surface area (Å²) in [6.45, 7) is 0. The van der Waals surface area contributed by atoms with E-state index in [1.165, 1.54) is 31.3 Å². The van der Waals surface area contributed by atoms with E-state index in [9.17, 15) is 22.7 Å². The number of hydrogen-bond acceptors (Lipinski definition) is 3. The van der Waals surface area contributed by atoms with E-state index in [0.29, 0.717) is 5.56 Å². The van der Waals surface area contributed by atoms with Gasteiger partial charge in [-0.25, -0.2) is 4.39 Å². The SMILES string of the molecule is CNc1oc(Cc2ccccc2F)c(O)c1-c1cccc(C(F)(F)F)c1. The third-order valence-corrected chi connectivity index (χ3v) is 3.97. The van der Waals surface area contributed by atoms with Crippen LogP contribution in [0.25, 0.3) is 11.1 Å². The minimum Gasteiger partial charge on any atom is -0.504 e. The Labute approximate surface area is 146 Å². The number of furan rings is 1. The summed E-state index contributed by atoms with van der Waals surface area (Å²) in [6.07, 6.45) is -4.54. The average Bonchev–Trinajstić information content (AvgIpc) is 2.92. The Morgan fingerprint density at radius 2 is 1.81 bits per heavy atom.